The number of halogens is 7. The van der Waals surface area contributed by atoms with E-state index >= 15 is 0 Å². The highest BCUT2D eigenvalue weighted by atomic mass is 35.5. The molecular formula is C17H10ClF6NO3S. The molecule has 3 rings (SSSR count). The van der Waals surface area contributed by atoms with Gasteiger partial charge in [-0.2, -0.15) is 26.3 Å². The molecule has 2 aromatic rings. The standard InChI is InChI=1S/C17H10ClF6NO3S/c18-12-8-6-10(7-9-12)13-14(29(26,27)17(22,23)24)15(28-25-13,16(19,20)21)11-4-2-1-3-5-11/h1-9,14H/t14-,15-/m0/s1. The lowest BCUT2D eigenvalue weighted by Crippen LogP contribution is -2.58. The normalized spacial score (nSPS) is 22.9. The second kappa shape index (κ2) is 6.91. The Morgan fingerprint density at radius 2 is 1.48 bits per heavy atom. The van der Waals surface area contributed by atoms with Crippen molar-refractivity contribution in [2.24, 2.45) is 5.16 Å². The highest BCUT2D eigenvalue weighted by Crippen LogP contribution is 2.53. The molecule has 0 fully saturated rings. The van der Waals surface area contributed by atoms with Gasteiger partial charge in [0.25, 0.3) is 15.4 Å². The van der Waals surface area contributed by atoms with Gasteiger partial charge in [-0.15, -0.1) is 0 Å². The maximum atomic E-state index is 14.2. The molecule has 0 radical (unpaired) electrons. The molecule has 0 spiro atoms. The van der Waals surface area contributed by atoms with Crippen molar-refractivity contribution in [3.05, 3.63) is 70.7 Å². The maximum Gasteiger partial charge on any atom is 0.498 e. The van der Waals surface area contributed by atoms with Gasteiger partial charge in [-0.1, -0.05) is 59.2 Å². The van der Waals surface area contributed by atoms with Gasteiger partial charge >= 0.3 is 11.7 Å². The Bertz CT molecular complexity index is 1040. The van der Waals surface area contributed by atoms with Crippen LogP contribution in [0.4, 0.5) is 26.3 Å². The van der Waals surface area contributed by atoms with Crippen LogP contribution in [-0.2, 0) is 20.3 Å². The molecule has 29 heavy (non-hydrogen) atoms. The fourth-order valence-electron chi connectivity index (χ4n) is 2.99. The molecule has 2 aromatic carbocycles. The van der Waals surface area contributed by atoms with Gasteiger partial charge in [-0.25, -0.2) is 8.42 Å². The topological polar surface area (TPSA) is 55.7 Å². The Balaban J connectivity index is 2.34. The summed E-state index contributed by atoms with van der Waals surface area (Å²) in [6.07, 6.45) is -5.56. The third-order valence-electron chi connectivity index (χ3n) is 4.30. The summed E-state index contributed by atoms with van der Waals surface area (Å²) < 4.78 is 107. The molecule has 2 atom stereocenters. The van der Waals surface area contributed by atoms with Crippen LogP contribution in [0.3, 0.4) is 0 Å². The van der Waals surface area contributed by atoms with E-state index in [0.717, 1.165) is 36.4 Å². The molecule has 0 saturated heterocycles. The average molecular weight is 458 g/mol. The molecule has 156 valence electrons. The SMILES string of the molecule is O=S(=O)([C@H]1C(c2ccc(Cl)cc2)=NO[C@]1(c1ccccc1)C(F)(F)F)C(F)(F)F. The minimum atomic E-state index is -6.43. The van der Waals surface area contributed by atoms with E-state index in [4.69, 9.17) is 11.6 Å². The van der Waals surface area contributed by atoms with Crippen molar-refractivity contribution < 1.29 is 39.6 Å². The van der Waals surface area contributed by atoms with Gasteiger partial charge < -0.3 is 4.84 Å². The van der Waals surface area contributed by atoms with E-state index in [9.17, 15) is 34.8 Å². The van der Waals surface area contributed by atoms with Crippen molar-refractivity contribution in [1.29, 1.82) is 0 Å². The molecule has 0 unspecified atom stereocenters. The third-order valence-corrected chi connectivity index (χ3v) is 6.38. The van der Waals surface area contributed by atoms with Gasteiger partial charge in [-0.3, -0.25) is 0 Å². The molecule has 1 aliphatic rings. The van der Waals surface area contributed by atoms with Gasteiger partial charge in [-0.05, 0) is 12.1 Å². The van der Waals surface area contributed by atoms with Crippen LogP contribution in [0.5, 0.6) is 0 Å². The highest BCUT2D eigenvalue weighted by Gasteiger charge is 2.75. The number of benzene rings is 2. The van der Waals surface area contributed by atoms with Crippen molar-refractivity contribution >= 4 is 27.1 Å². The van der Waals surface area contributed by atoms with Gasteiger partial charge in [0.2, 0.25) is 0 Å². The van der Waals surface area contributed by atoms with E-state index < -0.39 is 43.6 Å². The summed E-state index contributed by atoms with van der Waals surface area (Å²) in [6.45, 7) is 0. The summed E-state index contributed by atoms with van der Waals surface area (Å²) in [7, 11) is -6.43. The number of nitrogens with zero attached hydrogens (tertiary/aromatic N) is 1. The molecule has 0 bridgehead atoms. The lowest BCUT2D eigenvalue weighted by Gasteiger charge is -2.35. The molecular weight excluding hydrogens is 448 g/mol. The second-order valence-electron chi connectivity index (χ2n) is 6.04. The van der Waals surface area contributed by atoms with E-state index in [2.05, 4.69) is 9.99 Å². The molecule has 12 heteroatoms. The van der Waals surface area contributed by atoms with Crippen LogP contribution in [0.25, 0.3) is 0 Å². The van der Waals surface area contributed by atoms with E-state index in [1.54, 1.807) is 0 Å². The summed E-state index contributed by atoms with van der Waals surface area (Å²) in [6, 6.07) is 9.66. The van der Waals surface area contributed by atoms with Gasteiger partial charge in [0, 0.05) is 16.1 Å². The monoisotopic (exact) mass is 457 g/mol. The average Bonchev–Trinajstić information content (AvgIpc) is 3.04. The van der Waals surface area contributed by atoms with Gasteiger partial charge in [0.15, 0.2) is 5.25 Å². The van der Waals surface area contributed by atoms with Crippen molar-refractivity contribution in [3.8, 4) is 0 Å². The first-order valence-corrected chi connectivity index (χ1v) is 9.69. The maximum absolute atomic E-state index is 14.2. The van der Waals surface area contributed by atoms with Gasteiger partial charge in [0.1, 0.15) is 5.71 Å². The second-order valence-corrected chi connectivity index (χ2v) is 8.51. The van der Waals surface area contributed by atoms with E-state index in [-0.39, 0.29) is 10.6 Å². The van der Waals surface area contributed by atoms with Crippen molar-refractivity contribution in [3.63, 3.8) is 0 Å². The molecule has 0 aliphatic carbocycles. The fraction of sp³-hybridized carbons (Fsp3) is 0.235. The predicted molar refractivity (Wildman–Crippen MR) is 92.0 cm³/mol. The van der Waals surface area contributed by atoms with Crippen molar-refractivity contribution in [1.82, 2.24) is 0 Å². The zero-order valence-corrected chi connectivity index (χ0v) is 15.6. The first kappa shape index (κ1) is 21.4. The fourth-order valence-corrected chi connectivity index (χ4v) is 4.60. The summed E-state index contributed by atoms with van der Waals surface area (Å²) in [5.74, 6) is 0. The lowest BCUT2D eigenvalue weighted by molar-refractivity contribution is -0.274. The zero-order valence-electron chi connectivity index (χ0n) is 14.0. The van der Waals surface area contributed by atoms with Crippen LogP contribution in [0.1, 0.15) is 11.1 Å². The summed E-state index contributed by atoms with van der Waals surface area (Å²) in [5, 5.41) is 0.0771. The molecule has 1 heterocycles. The molecule has 0 saturated carbocycles. The number of oxime groups is 1. The number of sulfone groups is 1. The lowest BCUT2D eigenvalue weighted by atomic mass is 9.86. The molecule has 0 N–H and O–H groups in total. The van der Waals surface area contributed by atoms with Crippen LogP contribution in [0.15, 0.2) is 59.8 Å². The van der Waals surface area contributed by atoms with Crippen LogP contribution < -0.4 is 0 Å². The first-order valence-electron chi connectivity index (χ1n) is 7.77. The minimum absolute atomic E-state index is 0.133. The largest absolute Gasteiger partial charge is 0.498 e. The van der Waals surface area contributed by atoms with E-state index in [0.29, 0.717) is 0 Å². The first-order chi connectivity index (χ1) is 13.3. The number of hydrogen-bond acceptors (Lipinski definition) is 4. The van der Waals surface area contributed by atoms with Gasteiger partial charge in [0.05, 0.1) is 0 Å². The summed E-state index contributed by atoms with van der Waals surface area (Å²) in [4.78, 5) is 4.53. The van der Waals surface area contributed by atoms with E-state index in [1.807, 2.05) is 0 Å². The van der Waals surface area contributed by atoms with E-state index in [1.165, 1.54) is 18.2 Å². The molecule has 0 aromatic heterocycles. The predicted octanol–water partition coefficient (Wildman–Crippen LogP) is 4.84. The Morgan fingerprint density at radius 1 is 0.931 bits per heavy atom. The Morgan fingerprint density at radius 3 is 1.97 bits per heavy atom. The Kier molecular flexibility index (Phi) is 5.11. The van der Waals surface area contributed by atoms with Crippen LogP contribution in [0.2, 0.25) is 5.02 Å². The summed E-state index contributed by atoms with van der Waals surface area (Å²) in [5.41, 5.74) is -12.1. The smallest absolute Gasteiger partial charge is 0.372 e. The minimum Gasteiger partial charge on any atom is -0.372 e. The number of alkyl halides is 6. The number of hydrogen-bond donors (Lipinski definition) is 0. The van der Waals surface area contributed by atoms with Crippen LogP contribution in [-0.4, -0.2) is 31.1 Å². The van der Waals surface area contributed by atoms with Crippen LogP contribution >= 0.6 is 11.6 Å². The van der Waals surface area contributed by atoms with Crippen molar-refractivity contribution in [2.75, 3.05) is 0 Å². The Labute approximate surface area is 165 Å². The Hall–Kier alpha value is -2.27. The highest BCUT2D eigenvalue weighted by molar-refractivity contribution is 7.93. The number of rotatable bonds is 3. The molecule has 0 amide bonds. The third kappa shape index (κ3) is 3.35. The van der Waals surface area contributed by atoms with Crippen molar-refractivity contribution in [2.45, 2.75) is 22.5 Å². The summed E-state index contributed by atoms with van der Waals surface area (Å²) >= 11 is 5.69. The van der Waals surface area contributed by atoms with Crippen LogP contribution in [0, 0.1) is 0 Å². The quantitative estimate of drug-likeness (QED) is 0.620. The molecule has 1 aliphatic heterocycles. The zero-order chi connectivity index (χ0) is 21.7. The molecule has 4 nitrogen and oxygen atoms in total.